The summed E-state index contributed by atoms with van der Waals surface area (Å²) in [5.74, 6) is 0. The lowest BCUT2D eigenvalue weighted by Gasteiger charge is -2.32. The van der Waals surface area contributed by atoms with Gasteiger partial charge in [-0.25, -0.2) is 0 Å². The van der Waals surface area contributed by atoms with E-state index in [2.05, 4.69) is 51.1 Å². The fourth-order valence-electron chi connectivity index (χ4n) is 3.51. The second kappa shape index (κ2) is 12.5. The molecule has 0 aliphatic rings. The smallest absolute Gasteiger partial charge is 0.0346 e. The van der Waals surface area contributed by atoms with Gasteiger partial charge in [0.1, 0.15) is 0 Å². The zero-order valence-electron chi connectivity index (χ0n) is 16.5. The van der Waals surface area contributed by atoms with E-state index in [1.54, 1.807) is 0 Å². The molecule has 0 saturated heterocycles. The van der Waals surface area contributed by atoms with E-state index in [4.69, 9.17) is 5.73 Å². The van der Waals surface area contributed by atoms with Crippen molar-refractivity contribution in [2.24, 2.45) is 11.1 Å². The highest BCUT2D eigenvalue weighted by Crippen LogP contribution is 2.36. The Balaban J connectivity index is 2.05. The number of hydrogen-bond acceptors (Lipinski definition) is 1. The lowest BCUT2D eigenvalue weighted by atomic mass is 9.77. The van der Waals surface area contributed by atoms with Crippen molar-refractivity contribution in [1.29, 1.82) is 0 Å². The van der Waals surface area contributed by atoms with Crippen LogP contribution in [0.1, 0.15) is 109 Å². The maximum absolute atomic E-state index is 6.50. The Labute approximate surface area is 151 Å². The van der Waals surface area contributed by atoms with Gasteiger partial charge in [0.15, 0.2) is 0 Å². The number of benzene rings is 1. The van der Waals surface area contributed by atoms with E-state index < -0.39 is 0 Å². The molecule has 0 aliphatic heterocycles. The first kappa shape index (κ1) is 21.2. The average molecular weight is 332 g/mol. The summed E-state index contributed by atoms with van der Waals surface area (Å²) in [5, 5.41) is 0. The quantitative estimate of drug-likeness (QED) is 0.353. The highest BCUT2D eigenvalue weighted by atomic mass is 14.7. The van der Waals surface area contributed by atoms with Crippen LogP contribution in [0.4, 0.5) is 0 Å². The molecule has 1 rings (SSSR count). The van der Waals surface area contributed by atoms with Crippen LogP contribution in [0.2, 0.25) is 0 Å². The summed E-state index contributed by atoms with van der Waals surface area (Å²) < 4.78 is 0. The van der Waals surface area contributed by atoms with Gasteiger partial charge in [0.05, 0.1) is 0 Å². The maximum atomic E-state index is 6.50. The van der Waals surface area contributed by atoms with Crippen LogP contribution in [0.15, 0.2) is 30.3 Å². The van der Waals surface area contributed by atoms with E-state index in [-0.39, 0.29) is 11.5 Å². The third kappa shape index (κ3) is 8.87. The number of nitrogens with two attached hydrogens (primary N) is 1. The summed E-state index contributed by atoms with van der Waals surface area (Å²) in [6.07, 6.45) is 16.7. The fraction of sp³-hybridized carbons (Fsp3) is 0.739. The summed E-state index contributed by atoms with van der Waals surface area (Å²) >= 11 is 0. The molecule has 0 bridgehead atoms. The minimum absolute atomic E-state index is 0.141. The van der Waals surface area contributed by atoms with Crippen molar-refractivity contribution in [1.82, 2.24) is 0 Å². The van der Waals surface area contributed by atoms with Gasteiger partial charge in [-0.1, -0.05) is 122 Å². The third-order valence-electron chi connectivity index (χ3n) is 5.43. The molecule has 0 heterocycles. The Morgan fingerprint density at radius 2 is 1.21 bits per heavy atom. The molecule has 0 saturated carbocycles. The topological polar surface area (TPSA) is 26.0 Å². The third-order valence-corrected chi connectivity index (χ3v) is 5.43. The van der Waals surface area contributed by atoms with Gasteiger partial charge in [-0.15, -0.1) is 0 Å². The van der Waals surface area contributed by atoms with Gasteiger partial charge in [0, 0.05) is 6.04 Å². The molecule has 1 heteroatoms. The number of unbranched alkanes of at least 4 members (excludes halogenated alkanes) is 10. The Hall–Kier alpha value is -0.820. The lowest BCUT2D eigenvalue weighted by Crippen LogP contribution is -2.29. The Morgan fingerprint density at radius 1 is 0.750 bits per heavy atom. The van der Waals surface area contributed by atoms with Crippen LogP contribution < -0.4 is 5.73 Å². The first-order valence-corrected chi connectivity index (χ1v) is 10.4. The molecule has 1 atom stereocenters. The summed E-state index contributed by atoms with van der Waals surface area (Å²) in [7, 11) is 0. The average Bonchev–Trinajstić information content (AvgIpc) is 2.59. The fourth-order valence-corrected chi connectivity index (χ4v) is 3.51. The van der Waals surface area contributed by atoms with Crippen LogP contribution >= 0.6 is 0 Å². The van der Waals surface area contributed by atoms with Crippen LogP contribution in [0, 0.1) is 5.41 Å². The SMILES string of the molecule is CCCCCCCCCCCCCC(C)(C)C(N)c1ccccc1. The molecule has 0 spiro atoms. The van der Waals surface area contributed by atoms with E-state index in [1.807, 2.05) is 0 Å². The van der Waals surface area contributed by atoms with E-state index >= 15 is 0 Å². The predicted molar refractivity (Wildman–Crippen MR) is 108 cm³/mol. The molecule has 0 aromatic heterocycles. The van der Waals surface area contributed by atoms with E-state index in [0.29, 0.717) is 0 Å². The molecule has 0 fully saturated rings. The van der Waals surface area contributed by atoms with E-state index in [0.717, 1.165) is 0 Å². The van der Waals surface area contributed by atoms with Crippen molar-refractivity contribution < 1.29 is 0 Å². The highest BCUT2D eigenvalue weighted by molar-refractivity contribution is 5.20. The second-order valence-corrected chi connectivity index (χ2v) is 8.16. The van der Waals surface area contributed by atoms with Gasteiger partial charge in [-0.3, -0.25) is 0 Å². The van der Waals surface area contributed by atoms with Gasteiger partial charge in [-0.2, -0.15) is 0 Å². The molecule has 1 aromatic carbocycles. The van der Waals surface area contributed by atoms with Crippen molar-refractivity contribution in [3.63, 3.8) is 0 Å². The summed E-state index contributed by atoms with van der Waals surface area (Å²) in [4.78, 5) is 0. The maximum Gasteiger partial charge on any atom is 0.0346 e. The Bertz CT molecular complexity index is 396. The molecule has 1 nitrogen and oxygen atoms in total. The predicted octanol–water partition coefficient (Wildman–Crippen LogP) is 7.41. The van der Waals surface area contributed by atoms with Crippen LogP contribution in [-0.4, -0.2) is 0 Å². The lowest BCUT2D eigenvalue weighted by molar-refractivity contribution is 0.255. The minimum atomic E-state index is 0.141. The minimum Gasteiger partial charge on any atom is -0.324 e. The zero-order chi connectivity index (χ0) is 17.7. The van der Waals surface area contributed by atoms with Gasteiger partial charge >= 0.3 is 0 Å². The molecule has 0 radical (unpaired) electrons. The number of rotatable bonds is 14. The van der Waals surface area contributed by atoms with Gasteiger partial charge in [0.25, 0.3) is 0 Å². The molecule has 1 unspecified atom stereocenters. The molecular formula is C23H41N. The van der Waals surface area contributed by atoms with Gasteiger partial charge in [0.2, 0.25) is 0 Å². The Kier molecular flexibility index (Phi) is 11.1. The van der Waals surface area contributed by atoms with Crippen LogP contribution in [0.5, 0.6) is 0 Å². The molecule has 1 aromatic rings. The standard InChI is InChI=1S/C23H41N/c1-4-5-6-7-8-9-10-11-12-13-17-20-23(2,3)22(24)21-18-15-14-16-19-21/h14-16,18-19,22H,4-13,17,20,24H2,1-3H3. The summed E-state index contributed by atoms with van der Waals surface area (Å²) in [6, 6.07) is 10.7. The Morgan fingerprint density at radius 3 is 1.71 bits per heavy atom. The molecule has 138 valence electrons. The van der Waals surface area contributed by atoms with Gasteiger partial charge < -0.3 is 5.73 Å². The first-order chi connectivity index (χ1) is 11.6. The van der Waals surface area contributed by atoms with Gasteiger partial charge in [-0.05, 0) is 17.4 Å². The summed E-state index contributed by atoms with van der Waals surface area (Å²) in [5.41, 5.74) is 7.95. The first-order valence-electron chi connectivity index (χ1n) is 10.4. The van der Waals surface area contributed by atoms with Crippen molar-refractivity contribution in [3.8, 4) is 0 Å². The highest BCUT2D eigenvalue weighted by Gasteiger charge is 2.26. The largest absolute Gasteiger partial charge is 0.324 e. The number of hydrogen-bond donors (Lipinski definition) is 1. The van der Waals surface area contributed by atoms with Crippen LogP contribution in [0.25, 0.3) is 0 Å². The normalized spacial score (nSPS) is 13.2. The molecular weight excluding hydrogens is 290 g/mol. The zero-order valence-corrected chi connectivity index (χ0v) is 16.5. The monoisotopic (exact) mass is 331 g/mol. The van der Waals surface area contributed by atoms with Crippen molar-refractivity contribution in [2.45, 2.75) is 104 Å². The molecule has 24 heavy (non-hydrogen) atoms. The van der Waals surface area contributed by atoms with Crippen LogP contribution in [-0.2, 0) is 0 Å². The van der Waals surface area contributed by atoms with Crippen molar-refractivity contribution in [3.05, 3.63) is 35.9 Å². The molecule has 0 amide bonds. The summed E-state index contributed by atoms with van der Waals surface area (Å²) in [6.45, 7) is 6.93. The van der Waals surface area contributed by atoms with E-state index in [1.165, 1.54) is 82.6 Å². The van der Waals surface area contributed by atoms with E-state index in [9.17, 15) is 0 Å². The van der Waals surface area contributed by atoms with Crippen molar-refractivity contribution in [2.75, 3.05) is 0 Å². The second-order valence-electron chi connectivity index (χ2n) is 8.16. The molecule has 0 aliphatic carbocycles. The van der Waals surface area contributed by atoms with Crippen molar-refractivity contribution >= 4 is 0 Å². The molecule has 2 N–H and O–H groups in total. The van der Waals surface area contributed by atoms with Crippen LogP contribution in [0.3, 0.4) is 0 Å².